The lowest BCUT2D eigenvalue weighted by Gasteiger charge is -2.25. The molecular formula is C12H16ClN3. The van der Waals surface area contributed by atoms with E-state index >= 15 is 0 Å². The van der Waals surface area contributed by atoms with Crippen molar-refractivity contribution in [2.75, 3.05) is 18.0 Å². The summed E-state index contributed by atoms with van der Waals surface area (Å²) < 4.78 is 0. The number of anilines is 1. The third-order valence-electron chi connectivity index (χ3n) is 2.12. The van der Waals surface area contributed by atoms with Gasteiger partial charge in [-0.15, -0.1) is 0 Å². The highest BCUT2D eigenvalue weighted by molar-refractivity contribution is 6.32. The van der Waals surface area contributed by atoms with Gasteiger partial charge in [0.25, 0.3) is 0 Å². The molecular weight excluding hydrogens is 222 g/mol. The molecule has 0 aliphatic rings. The summed E-state index contributed by atoms with van der Waals surface area (Å²) in [7, 11) is 0. The summed E-state index contributed by atoms with van der Waals surface area (Å²) >= 11 is 6.09. The first-order valence-corrected chi connectivity index (χ1v) is 5.75. The zero-order valence-corrected chi connectivity index (χ0v) is 10.4. The van der Waals surface area contributed by atoms with E-state index in [0.717, 1.165) is 12.4 Å². The van der Waals surface area contributed by atoms with Crippen molar-refractivity contribution >= 4 is 17.4 Å². The first-order chi connectivity index (χ1) is 7.65. The van der Waals surface area contributed by atoms with E-state index in [4.69, 9.17) is 16.9 Å². The molecule has 0 spiro atoms. The number of nitrogens with zero attached hydrogens (tertiary/aromatic N) is 3. The molecule has 0 aliphatic carbocycles. The van der Waals surface area contributed by atoms with Crippen LogP contribution in [0, 0.1) is 17.2 Å². The van der Waals surface area contributed by atoms with E-state index in [9.17, 15) is 0 Å². The molecule has 0 saturated heterocycles. The number of rotatable bonds is 5. The van der Waals surface area contributed by atoms with Crippen molar-refractivity contribution in [3.8, 4) is 6.07 Å². The van der Waals surface area contributed by atoms with Crippen LogP contribution in [0.4, 0.5) is 5.82 Å². The second-order valence-electron chi connectivity index (χ2n) is 4.06. The number of hydrogen-bond donors (Lipinski definition) is 0. The van der Waals surface area contributed by atoms with E-state index in [0.29, 0.717) is 23.9 Å². The second kappa shape index (κ2) is 6.34. The number of aromatic nitrogens is 1. The molecule has 1 aromatic rings. The lowest BCUT2D eigenvalue weighted by atomic mass is 10.2. The van der Waals surface area contributed by atoms with Crippen molar-refractivity contribution in [2.45, 2.75) is 20.3 Å². The summed E-state index contributed by atoms with van der Waals surface area (Å²) in [4.78, 5) is 6.33. The fraction of sp³-hybridized carbons (Fsp3) is 0.500. The molecule has 1 rings (SSSR count). The highest BCUT2D eigenvalue weighted by atomic mass is 35.5. The predicted molar refractivity (Wildman–Crippen MR) is 66.5 cm³/mol. The first-order valence-electron chi connectivity index (χ1n) is 5.37. The van der Waals surface area contributed by atoms with E-state index in [-0.39, 0.29) is 0 Å². The Kier molecular flexibility index (Phi) is 5.07. The molecule has 0 saturated carbocycles. The topological polar surface area (TPSA) is 39.9 Å². The summed E-state index contributed by atoms with van der Waals surface area (Å²) in [5.74, 6) is 1.28. The lowest BCUT2D eigenvalue weighted by Crippen LogP contribution is -2.29. The van der Waals surface area contributed by atoms with E-state index in [2.05, 4.69) is 29.8 Å². The van der Waals surface area contributed by atoms with Crippen LogP contribution in [0.25, 0.3) is 0 Å². The number of hydrogen-bond acceptors (Lipinski definition) is 3. The van der Waals surface area contributed by atoms with Crippen molar-refractivity contribution in [3.63, 3.8) is 0 Å². The van der Waals surface area contributed by atoms with E-state index < -0.39 is 0 Å². The van der Waals surface area contributed by atoms with Gasteiger partial charge in [0, 0.05) is 19.3 Å². The second-order valence-corrected chi connectivity index (χ2v) is 4.46. The Balaban J connectivity index is 2.83. The molecule has 0 amide bonds. The SMILES string of the molecule is CC(C)CN(CCC#N)c1ncccc1Cl. The molecule has 1 heterocycles. The minimum atomic E-state index is 0.486. The molecule has 0 fully saturated rings. The molecule has 4 heteroatoms. The third kappa shape index (κ3) is 3.71. The van der Waals surface area contributed by atoms with Crippen LogP contribution in [0.15, 0.2) is 18.3 Å². The maximum atomic E-state index is 8.64. The minimum Gasteiger partial charge on any atom is -0.354 e. The summed E-state index contributed by atoms with van der Waals surface area (Å²) in [6.07, 6.45) is 2.21. The van der Waals surface area contributed by atoms with Gasteiger partial charge in [-0.1, -0.05) is 25.4 Å². The van der Waals surface area contributed by atoms with Crippen LogP contribution in [0.1, 0.15) is 20.3 Å². The quantitative estimate of drug-likeness (QED) is 0.790. The third-order valence-corrected chi connectivity index (χ3v) is 2.41. The fourth-order valence-electron chi connectivity index (χ4n) is 1.52. The van der Waals surface area contributed by atoms with Crippen molar-refractivity contribution in [3.05, 3.63) is 23.4 Å². The van der Waals surface area contributed by atoms with Gasteiger partial charge in [-0.25, -0.2) is 4.98 Å². The van der Waals surface area contributed by atoms with Crippen molar-refractivity contribution in [1.82, 2.24) is 4.98 Å². The normalized spacial score (nSPS) is 10.2. The molecule has 86 valence electrons. The van der Waals surface area contributed by atoms with E-state index in [1.807, 2.05) is 12.1 Å². The summed E-state index contributed by atoms with van der Waals surface area (Å²) in [6.45, 7) is 5.80. The van der Waals surface area contributed by atoms with Gasteiger partial charge in [0.2, 0.25) is 0 Å². The molecule has 3 nitrogen and oxygen atoms in total. The monoisotopic (exact) mass is 237 g/mol. The lowest BCUT2D eigenvalue weighted by molar-refractivity contribution is 0.608. The van der Waals surface area contributed by atoms with Gasteiger partial charge >= 0.3 is 0 Å². The van der Waals surface area contributed by atoms with Gasteiger partial charge in [-0.2, -0.15) is 5.26 Å². The molecule has 1 aromatic heterocycles. The van der Waals surface area contributed by atoms with Gasteiger partial charge in [-0.3, -0.25) is 0 Å². The highest BCUT2D eigenvalue weighted by Gasteiger charge is 2.12. The van der Waals surface area contributed by atoms with Gasteiger partial charge < -0.3 is 4.90 Å². The Labute approximate surface area is 102 Å². The Morgan fingerprint density at radius 2 is 2.31 bits per heavy atom. The maximum Gasteiger partial charge on any atom is 0.147 e. The van der Waals surface area contributed by atoms with E-state index in [1.54, 1.807) is 6.20 Å². The zero-order valence-electron chi connectivity index (χ0n) is 9.65. The molecule has 0 aromatic carbocycles. The van der Waals surface area contributed by atoms with Crippen LogP contribution in [0.5, 0.6) is 0 Å². The average Bonchev–Trinajstić information content (AvgIpc) is 2.24. The smallest absolute Gasteiger partial charge is 0.147 e. The Morgan fingerprint density at radius 3 is 2.88 bits per heavy atom. The fourth-order valence-corrected chi connectivity index (χ4v) is 1.76. The van der Waals surface area contributed by atoms with E-state index in [1.165, 1.54) is 0 Å². The van der Waals surface area contributed by atoms with Crippen LogP contribution in [0.3, 0.4) is 0 Å². The predicted octanol–water partition coefficient (Wildman–Crippen LogP) is 3.11. The standard InChI is InChI=1S/C12H16ClN3/c1-10(2)9-16(8-4-6-14)12-11(13)5-3-7-15-12/h3,5,7,10H,4,8-9H2,1-2H3. The average molecular weight is 238 g/mol. The maximum absolute atomic E-state index is 8.64. The van der Waals surface area contributed by atoms with Crippen molar-refractivity contribution < 1.29 is 0 Å². The van der Waals surface area contributed by atoms with Crippen LogP contribution >= 0.6 is 11.6 Å². The summed E-state index contributed by atoms with van der Waals surface area (Å²) in [5, 5.41) is 9.28. The summed E-state index contributed by atoms with van der Waals surface area (Å²) in [5.41, 5.74) is 0. The number of pyridine rings is 1. The van der Waals surface area contributed by atoms with Crippen LogP contribution in [-0.2, 0) is 0 Å². The molecule has 0 aliphatic heterocycles. The highest BCUT2D eigenvalue weighted by Crippen LogP contribution is 2.23. The molecule has 0 atom stereocenters. The van der Waals surface area contributed by atoms with Crippen molar-refractivity contribution in [2.24, 2.45) is 5.92 Å². The van der Waals surface area contributed by atoms with Gasteiger partial charge in [0.05, 0.1) is 17.5 Å². The van der Waals surface area contributed by atoms with Crippen LogP contribution in [0.2, 0.25) is 5.02 Å². The number of halogens is 1. The van der Waals surface area contributed by atoms with Crippen molar-refractivity contribution in [1.29, 1.82) is 5.26 Å². The largest absolute Gasteiger partial charge is 0.354 e. The minimum absolute atomic E-state index is 0.486. The molecule has 0 N–H and O–H groups in total. The number of nitriles is 1. The Bertz CT molecular complexity index is 371. The molecule has 0 bridgehead atoms. The van der Waals surface area contributed by atoms with Gasteiger partial charge in [-0.05, 0) is 18.1 Å². The first kappa shape index (κ1) is 12.8. The van der Waals surface area contributed by atoms with Crippen LogP contribution in [-0.4, -0.2) is 18.1 Å². The zero-order chi connectivity index (χ0) is 12.0. The molecule has 0 unspecified atom stereocenters. The van der Waals surface area contributed by atoms with Crippen LogP contribution < -0.4 is 4.90 Å². The van der Waals surface area contributed by atoms with Gasteiger partial charge in [0.1, 0.15) is 5.82 Å². The van der Waals surface area contributed by atoms with Gasteiger partial charge in [0.15, 0.2) is 0 Å². The molecule has 16 heavy (non-hydrogen) atoms. The summed E-state index contributed by atoms with van der Waals surface area (Å²) in [6, 6.07) is 5.78. The Hall–Kier alpha value is -1.27. The molecule has 0 radical (unpaired) electrons. The Morgan fingerprint density at radius 1 is 1.56 bits per heavy atom.